The number of aromatic nitrogens is 2. The van der Waals surface area contributed by atoms with Crippen molar-refractivity contribution in [1.82, 2.24) is 9.55 Å². The normalized spacial score (nSPS) is 14.7. The Hall–Kier alpha value is -1.55. The summed E-state index contributed by atoms with van der Waals surface area (Å²) in [4.78, 5) is 6.43. The van der Waals surface area contributed by atoms with E-state index in [9.17, 15) is 4.39 Å². The monoisotopic (exact) mass is 265 g/mol. The van der Waals surface area contributed by atoms with Crippen molar-refractivity contribution in [1.29, 1.82) is 0 Å². The van der Waals surface area contributed by atoms with Gasteiger partial charge in [0.15, 0.2) is 0 Å². The Morgan fingerprint density at radius 1 is 1.33 bits per heavy atom. The Labute approximate surface area is 110 Å². The van der Waals surface area contributed by atoms with Gasteiger partial charge in [-0.05, 0) is 12.1 Å². The zero-order chi connectivity index (χ0) is 12.5. The molecule has 3 nitrogen and oxygen atoms in total. The summed E-state index contributed by atoms with van der Waals surface area (Å²) in [6, 6.07) is 5.09. The summed E-state index contributed by atoms with van der Waals surface area (Å²) in [7, 11) is 0. The highest BCUT2D eigenvalue weighted by molar-refractivity contribution is 6.17. The molecular formula is C13H13ClFN3. The van der Waals surface area contributed by atoms with Gasteiger partial charge >= 0.3 is 0 Å². The van der Waals surface area contributed by atoms with Crippen molar-refractivity contribution in [3.8, 4) is 0 Å². The van der Waals surface area contributed by atoms with Crippen LogP contribution in [0.1, 0.15) is 11.4 Å². The third kappa shape index (κ3) is 1.86. The molecule has 0 radical (unpaired) electrons. The van der Waals surface area contributed by atoms with E-state index in [4.69, 9.17) is 11.6 Å². The molecule has 0 saturated heterocycles. The molecule has 94 valence electrons. The Kier molecular flexibility index (Phi) is 2.96. The van der Waals surface area contributed by atoms with Gasteiger partial charge in [0.05, 0.1) is 12.4 Å². The summed E-state index contributed by atoms with van der Waals surface area (Å²) in [6.07, 6.45) is 3.77. The van der Waals surface area contributed by atoms with E-state index in [1.54, 1.807) is 12.3 Å². The third-order valence-electron chi connectivity index (χ3n) is 3.31. The quantitative estimate of drug-likeness (QED) is 0.779. The van der Waals surface area contributed by atoms with E-state index in [-0.39, 0.29) is 11.7 Å². The number of rotatable bonds is 2. The van der Waals surface area contributed by atoms with Crippen molar-refractivity contribution in [2.24, 2.45) is 0 Å². The van der Waals surface area contributed by atoms with Crippen LogP contribution in [0.4, 0.5) is 10.1 Å². The lowest BCUT2D eigenvalue weighted by Gasteiger charge is -2.31. The fourth-order valence-electron chi connectivity index (χ4n) is 2.35. The fraction of sp³-hybridized carbons (Fsp3) is 0.308. The van der Waals surface area contributed by atoms with Crippen molar-refractivity contribution < 1.29 is 4.39 Å². The van der Waals surface area contributed by atoms with Crippen LogP contribution in [0.2, 0.25) is 0 Å². The molecule has 0 spiro atoms. The van der Waals surface area contributed by atoms with Crippen molar-refractivity contribution in [2.75, 3.05) is 11.4 Å². The minimum atomic E-state index is -0.239. The lowest BCUT2D eigenvalue weighted by Crippen LogP contribution is -2.34. The maximum atomic E-state index is 13.7. The molecule has 2 heterocycles. The Morgan fingerprint density at radius 3 is 3.06 bits per heavy atom. The van der Waals surface area contributed by atoms with Crippen LogP contribution < -0.4 is 4.90 Å². The molecule has 0 N–H and O–H groups in total. The number of nitrogens with zero attached hydrogens (tertiary/aromatic N) is 3. The summed E-state index contributed by atoms with van der Waals surface area (Å²) >= 11 is 5.85. The summed E-state index contributed by atoms with van der Waals surface area (Å²) in [5.74, 6) is 0.954. The number of fused-ring (bicyclic) bond motifs is 1. The summed E-state index contributed by atoms with van der Waals surface area (Å²) in [5, 5.41) is 0. The average Bonchev–Trinajstić information content (AvgIpc) is 2.85. The Morgan fingerprint density at radius 2 is 2.22 bits per heavy atom. The number of hydrogen-bond donors (Lipinski definition) is 0. The van der Waals surface area contributed by atoms with Gasteiger partial charge in [0.25, 0.3) is 0 Å². The van der Waals surface area contributed by atoms with E-state index in [0.29, 0.717) is 12.1 Å². The number of alkyl halides is 1. The Bertz CT molecular complexity index is 567. The van der Waals surface area contributed by atoms with E-state index >= 15 is 0 Å². The first-order valence-electron chi connectivity index (χ1n) is 5.88. The molecule has 1 aliphatic heterocycles. The molecule has 5 heteroatoms. The van der Waals surface area contributed by atoms with Crippen molar-refractivity contribution >= 4 is 17.3 Å². The second kappa shape index (κ2) is 4.61. The highest BCUT2D eigenvalue weighted by Gasteiger charge is 2.20. The van der Waals surface area contributed by atoms with Gasteiger partial charge in [-0.2, -0.15) is 0 Å². The molecule has 1 aromatic carbocycles. The van der Waals surface area contributed by atoms with Gasteiger partial charge in [0.2, 0.25) is 0 Å². The summed E-state index contributed by atoms with van der Waals surface area (Å²) in [5.41, 5.74) is 1.44. The molecule has 2 aromatic rings. The van der Waals surface area contributed by atoms with Gasteiger partial charge < -0.3 is 9.47 Å². The molecule has 18 heavy (non-hydrogen) atoms. The van der Waals surface area contributed by atoms with Crippen LogP contribution in [0.25, 0.3) is 0 Å². The Balaban J connectivity index is 1.95. The molecule has 0 bridgehead atoms. The lowest BCUT2D eigenvalue weighted by atomic mass is 10.1. The van der Waals surface area contributed by atoms with Crippen molar-refractivity contribution in [3.63, 3.8) is 0 Å². The number of anilines is 1. The van der Waals surface area contributed by atoms with Crippen LogP contribution in [0.5, 0.6) is 0 Å². The van der Waals surface area contributed by atoms with Crippen LogP contribution in [0, 0.1) is 5.82 Å². The summed E-state index contributed by atoms with van der Waals surface area (Å²) in [6.45, 7) is 2.41. The highest BCUT2D eigenvalue weighted by atomic mass is 35.5. The van der Waals surface area contributed by atoms with Gasteiger partial charge in [0.1, 0.15) is 11.6 Å². The summed E-state index contributed by atoms with van der Waals surface area (Å²) < 4.78 is 15.8. The lowest BCUT2D eigenvalue weighted by molar-refractivity contribution is 0.555. The molecular weight excluding hydrogens is 253 g/mol. The second-order valence-corrected chi connectivity index (χ2v) is 4.60. The molecule has 1 aromatic heterocycles. The molecule has 0 unspecified atom stereocenters. The minimum absolute atomic E-state index is 0.187. The van der Waals surface area contributed by atoms with E-state index in [2.05, 4.69) is 14.5 Å². The largest absolute Gasteiger partial charge is 0.362 e. The zero-order valence-corrected chi connectivity index (χ0v) is 10.6. The van der Waals surface area contributed by atoms with Gasteiger partial charge in [-0.1, -0.05) is 6.07 Å². The van der Waals surface area contributed by atoms with Gasteiger partial charge in [-0.3, -0.25) is 0 Å². The molecule has 3 rings (SSSR count). The maximum absolute atomic E-state index is 13.7. The number of benzene rings is 1. The van der Waals surface area contributed by atoms with Gasteiger partial charge in [-0.25, -0.2) is 9.37 Å². The smallest absolute Gasteiger partial charge is 0.129 e. The topological polar surface area (TPSA) is 21.1 Å². The molecule has 0 atom stereocenters. The SMILES string of the molecule is Fc1cccc(N2CCn3ccnc3C2)c1CCl. The van der Waals surface area contributed by atoms with Crippen molar-refractivity contribution in [3.05, 3.63) is 47.8 Å². The van der Waals surface area contributed by atoms with Crippen LogP contribution in [0.3, 0.4) is 0 Å². The van der Waals surface area contributed by atoms with Crippen LogP contribution >= 0.6 is 11.6 Å². The second-order valence-electron chi connectivity index (χ2n) is 4.33. The highest BCUT2D eigenvalue weighted by Crippen LogP contribution is 2.27. The molecule has 0 amide bonds. The molecule has 0 aliphatic carbocycles. The van der Waals surface area contributed by atoms with E-state index in [1.807, 2.05) is 12.3 Å². The number of hydrogen-bond acceptors (Lipinski definition) is 2. The zero-order valence-electron chi connectivity index (χ0n) is 9.81. The number of halogens is 2. The first kappa shape index (κ1) is 11.5. The number of imidazole rings is 1. The first-order valence-corrected chi connectivity index (χ1v) is 6.41. The average molecular weight is 266 g/mol. The molecule has 0 fully saturated rings. The van der Waals surface area contributed by atoms with E-state index in [1.165, 1.54) is 6.07 Å². The van der Waals surface area contributed by atoms with Gasteiger partial charge in [0, 0.05) is 36.7 Å². The standard InChI is InChI=1S/C13H13ClFN3/c14-8-10-11(15)2-1-3-12(10)18-7-6-17-5-4-16-13(17)9-18/h1-5H,6-9H2. The first-order chi connectivity index (χ1) is 8.79. The molecule has 1 aliphatic rings. The fourth-order valence-corrected chi connectivity index (χ4v) is 2.62. The van der Waals surface area contributed by atoms with Crippen LogP contribution in [0.15, 0.2) is 30.6 Å². The predicted molar refractivity (Wildman–Crippen MR) is 69.2 cm³/mol. The van der Waals surface area contributed by atoms with Gasteiger partial charge in [-0.15, -0.1) is 11.6 Å². The minimum Gasteiger partial charge on any atom is -0.362 e. The van der Waals surface area contributed by atoms with Crippen LogP contribution in [-0.4, -0.2) is 16.1 Å². The van der Waals surface area contributed by atoms with E-state index in [0.717, 1.165) is 24.6 Å². The third-order valence-corrected chi connectivity index (χ3v) is 3.58. The maximum Gasteiger partial charge on any atom is 0.129 e. The van der Waals surface area contributed by atoms with Crippen molar-refractivity contribution in [2.45, 2.75) is 19.0 Å². The predicted octanol–water partition coefficient (Wildman–Crippen LogP) is 2.78. The molecule has 0 saturated carbocycles. The van der Waals surface area contributed by atoms with Crippen LogP contribution in [-0.2, 0) is 19.0 Å². The van der Waals surface area contributed by atoms with E-state index < -0.39 is 0 Å².